The zero-order valence-electron chi connectivity index (χ0n) is 15.5. The van der Waals surface area contributed by atoms with Crippen molar-refractivity contribution < 1.29 is 19.4 Å². The Labute approximate surface area is 163 Å². The topological polar surface area (TPSA) is 91.8 Å². The van der Waals surface area contributed by atoms with Crippen LogP contribution < -0.4 is 5.32 Å². The number of rotatable bonds is 5. The van der Waals surface area contributed by atoms with Crippen LogP contribution in [0, 0.1) is 5.92 Å². The van der Waals surface area contributed by atoms with Gasteiger partial charge in [-0.25, -0.2) is 0 Å². The summed E-state index contributed by atoms with van der Waals surface area (Å²) in [5, 5.41) is 12.5. The molecule has 1 atom stereocenters. The highest BCUT2D eigenvalue weighted by Crippen LogP contribution is 2.42. The average molecular weight is 381 g/mol. The van der Waals surface area contributed by atoms with E-state index in [0.29, 0.717) is 43.3 Å². The predicted molar refractivity (Wildman–Crippen MR) is 102 cm³/mol. The number of nitrogens with one attached hydrogen (secondary N) is 1. The lowest BCUT2D eigenvalue weighted by atomic mass is 9.78. The van der Waals surface area contributed by atoms with Crippen molar-refractivity contribution in [2.75, 3.05) is 26.2 Å². The molecule has 0 bridgehead atoms. The van der Waals surface area contributed by atoms with E-state index in [0.717, 1.165) is 12.8 Å². The summed E-state index contributed by atoms with van der Waals surface area (Å²) in [6, 6.07) is 9.87. The number of likely N-dealkylation sites (tertiary alicyclic amines) is 1. The first kappa shape index (κ1) is 18.4. The number of ether oxygens (including phenoxy) is 1. The molecule has 3 heterocycles. The number of nitrogens with zero attached hydrogens (tertiary/aromatic N) is 2. The van der Waals surface area contributed by atoms with Crippen LogP contribution in [0.4, 0.5) is 0 Å². The number of hydrogen-bond donors (Lipinski definition) is 2. The molecule has 0 saturated carbocycles. The largest absolute Gasteiger partial charge is 0.508 e. The molecule has 0 radical (unpaired) electrons. The van der Waals surface area contributed by atoms with E-state index in [1.54, 1.807) is 47.6 Å². The number of pyridine rings is 1. The summed E-state index contributed by atoms with van der Waals surface area (Å²) in [5.41, 5.74) is 0.713. The van der Waals surface area contributed by atoms with Crippen LogP contribution in [0.2, 0.25) is 0 Å². The quantitative estimate of drug-likeness (QED) is 0.825. The van der Waals surface area contributed by atoms with Crippen molar-refractivity contribution in [1.29, 1.82) is 0 Å². The molecular formula is C21H23N3O4. The maximum absolute atomic E-state index is 12.6. The highest BCUT2D eigenvalue weighted by atomic mass is 16.5. The van der Waals surface area contributed by atoms with Crippen LogP contribution in [0.15, 0.2) is 48.8 Å². The highest BCUT2D eigenvalue weighted by Gasteiger charge is 2.54. The number of benzene rings is 1. The van der Waals surface area contributed by atoms with Crippen LogP contribution in [0.1, 0.15) is 33.6 Å². The SMILES string of the molecule is O=C(NCC[C@@H]1CCOC12CN(C(=O)c1cccc(O)c1)C2)c1cccnc1. The third kappa shape index (κ3) is 3.57. The van der Waals surface area contributed by atoms with Crippen molar-refractivity contribution in [3.63, 3.8) is 0 Å². The fraction of sp³-hybridized carbons (Fsp3) is 0.381. The number of amides is 2. The Morgan fingerprint density at radius 1 is 1.25 bits per heavy atom. The van der Waals surface area contributed by atoms with E-state index >= 15 is 0 Å². The van der Waals surface area contributed by atoms with Gasteiger partial charge in [0.25, 0.3) is 11.8 Å². The Balaban J connectivity index is 1.30. The van der Waals surface area contributed by atoms with Gasteiger partial charge in [-0.05, 0) is 49.1 Å². The smallest absolute Gasteiger partial charge is 0.254 e. The number of carbonyl (C=O) groups is 2. The molecule has 1 aromatic heterocycles. The van der Waals surface area contributed by atoms with Gasteiger partial charge in [-0.3, -0.25) is 14.6 Å². The molecule has 1 spiro atoms. The second kappa shape index (κ2) is 7.59. The van der Waals surface area contributed by atoms with Crippen molar-refractivity contribution in [2.24, 2.45) is 5.92 Å². The molecule has 146 valence electrons. The van der Waals surface area contributed by atoms with Crippen LogP contribution in [-0.2, 0) is 4.74 Å². The van der Waals surface area contributed by atoms with E-state index in [4.69, 9.17) is 4.74 Å². The fourth-order valence-electron chi connectivity index (χ4n) is 4.07. The standard InChI is InChI=1S/C21H23N3O4/c25-18-5-1-3-15(11-18)20(27)24-13-21(14-24)17(7-10-28-21)6-9-23-19(26)16-4-2-8-22-12-16/h1-5,8,11-12,17,25H,6-7,9-10,13-14H2,(H,23,26)/t17-/m1/s1. The Hall–Kier alpha value is -2.93. The molecule has 7 heteroatoms. The van der Waals surface area contributed by atoms with Crippen molar-refractivity contribution in [3.8, 4) is 5.75 Å². The molecule has 2 fully saturated rings. The molecule has 0 aliphatic carbocycles. The second-order valence-electron chi connectivity index (χ2n) is 7.40. The first-order valence-corrected chi connectivity index (χ1v) is 9.48. The summed E-state index contributed by atoms with van der Waals surface area (Å²) < 4.78 is 6.01. The van der Waals surface area contributed by atoms with Gasteiger partial charge in [0, 0.05) is 31.1 Å². The summed E-state index contributed by atoms with van der Waals surface area (Å²) in [6.07, 6.45) is 4.92. The summed E-state index contributed by atoms with van der Waals surface area (Å²) >= 11 is 0. The van der Waals surface area contributed by atoms with Crippen LogP contribution >= 0.6 is 0 Å². The maximum atomic E-state index is 12.6. The predicted octanol–water partition coefficient (Wildman–Crippen LogP) is 1.84. The Bertz CT molecular complexity index is 865. The number of carbonyl (C=O) groups excluding carboxylic acids is 2. The van der Waals surface area contributed by atoms with Crippen LogP contribution in [0.5, 0.6) is 5.75 Å². The molecule has 2 amide bonds. The monoisotopic (exact) mass is 381 g/mol. The molecule has 28 heavy (non-hydrogen) atoms. The lowest BCUT2D eigenvalue weighted by Crippen LogP contribution is -2.66. The Morgan fingerprint density at radius 2 is 2.07 bits per heavy atom. The van der Waals surface area contributed by atoms with Crippen molar-refractivity contribution in [1.82, 2.24) is 15.2 Å². The number of aromatic hydroxyl groups is 1. The summed E-state index contributed by atoms with van der Waals surface area (Å²) in [7, 11) is 0. The number of aromatic nitrogens is 1. The molecule has 1 aromatic carbocycles. The first-order valence-electron chi connectivity index (χ1n) is 9.48. The summed E-state index contributed by atoms with van der Waals surface area (Å²) in [6.45, 7) is 2.32. The van der Waals surface area contributed by atoms with Crippen molar-refractivity contribution in [2.45, 2.75) is 18.4 Å². The molecule has 7 nitrogen and oxygen atoms in total. The Morgan fingerprint density at radius 3 is 2.82 bits per heavy atom. The van der Waals surface area contributed by atoms with Gasteiger partial charge in [-0.1, -0.05) is 6.07 Å². The molecule has 2 N–H and O–H groups in total. The van der Waals surface area contributed by atoms with E-state index in [2.05, 4.69) is 10.3 Å². The van der Waals surface area contributed by atoms with E-state index < -0.39 is 0 Å². The van der Waals surface area contributed by atoms with Gasteiger partial charge in [-0.15, -0.1) is 0 Å². The zero-order chi connectivity index (χ0) is 19.6. The third-order valence-electron chi connectivity index (χ3n) is 5.60. The number of phenols is 1. The van der Waals surface area contributed by atoms with Gasteiger partial charge in [0.2, 0.25) is 0 Å². The van der Waals surface area contributed by atoms with E-state index in [1.165, 1.54) is 6.07 Å². The molecule has 2 aliphatic rings. The first-order chi connectivity index (χ1) is 13.6. The van der Waals surface area contributed by atoms with Gasteiger partial charge >= 0.3 is 0 Å². The lowest BCUT2D eigenvalue weighted by Gasteiger charge is -2.50. The van der Waals surface area contributed by atoms with Gasteiger partial charge in [0.1, 0.15) is 11.4 Å². The van der Waals surface area contributed by atoms with Crippen LogP contribution in [-0.4, -0.2) is 58.6 Å². The lowest BCUT2D eigenvalue weighted by molar-refractivity contribution is -0.117. The minimum atomic E-state index is -0.314. The van der Waals surface area contributed by atoms with Crippen LogP contribution in [0.3, 0.4) is 0 Å². The van der Waals surface area contributed by atoms with Crippen molar-refractivity contribution >= 4 is 11.8 Å². The maximum Gasteiger partial charge on any atom is 0.254 e. The average Bonchev–Trinajstić information content (AvgIpc) is 3.11. The van der Waals surface area contributed by atoms with Crippen LogP contribution in [0.25, 0.3) is 0 Å². The molecular weight excluding hydrogens is 358 g/mol. The fourth-order valence-corrected chi connectivity index (χ4v) is 4.07. The van der Waals surface area contributed by atoms with E-state index in [9.17, 15) is 14.7 Å². The van der Waals surface area contributed by atoms with Gasteiger partial charge in [0.05, 0.1) is 18.7 Å². The molecule has 2 saturated heterocycles. The molecule has 0 unspecified atom stereocenters. The third-order valence-corrected chi connectivity index (χ3v) is 5.60. The van der Waals surface area contributed by atoms with Gasteiger partial charge in [-0.2, -0.15) is 0 Å². The number of hydrogen-bond acceptors (Lipinski definition) is 5. The Kier molecular flexibility index (Phi) is 5.00. The molecule has 4 rings (SSSR count). The minimum Gasteiger partial charge on any atom is -0.508 e. The van der Waals surface area contributed by atoms with E-state index in [1.807, 2.05) is 0 Å². The second-order valence-corrected chi connectivity index (χ2v) is 7.40. The van der Waals surface area contributed by atoms with Gasteiger partial charge < -0.3 is 20.1 Å². The van der Waals surface area contributed by atoms with Gasteiger partial charge in [0.15, 0.2) is 0 Å². The van der Waals surface area contributed by atoms with E-state index in [-0.39, 0.29) is 23.2 Å². The minimum absolute atomic E-state index is 0.0837. The highest BCUT2D eigenvalue weighted by molar-refractivity contribution is 5.95. The zero-order valence-corrected chi connectivity index (χ0v) is 15.5. The summed E-state index contributed by atoms with van der Waals surface area (Å²) in [4.78, 5) is 30.4. The molecule has 2 aliphatic heterocycles. The normalized spacial score (nSPS) is 20.0. The summed E-state index contributed by atoms with van der Waals surface area (Å²) in [5.74, 6) is 0.159. The molecule has 2 aromatic rings. The number of phenolic OH excluding ortho intramolecular Hbond substituents is 1. The van der Waals surface area contributed by atoms with Crippen molar-refractivity contribution in [3.05, 3.63) is 59.9 Å².